The van der Waals surface area contributed by atoms with Crippen molar-refractivity contribution in [1.82, 2.24) is 10.2 Å². The minimum Gasteiger partial charge on any atom is -0.504 e. The highest BCUT2D eigenvalue weighted by atomic mass is 19.1. The lowest BCUT2D eigenvalue weighted by Gasteiger charge is -2.20. The van der Waals surface area contributed by atoms with Gasteiger partial charge in [0.2, 0.25) is 0 Å². The Morgan fingerprint density at radius 2 is 1.97 bits per heavy atom. The monoisotopic (exact) mass is 436 g/mol. The molecule has 0 spiro atoms. The maximum atomic E-state index is 13.8. The van der Waals surface area contributed by atoms with Gasteiger partial charge in [0.1, 0.15) is 18.2 Å². The Balaban J connectivity index is 1.47. The largest absolute Gasteiger partial charge is 0.504 e. The van der Waals surface area contributed by atoms with E-state index in [9.17, 15) is 14.3 Å². The van der Waals surface area contributed by atoms with E-state index in [1.807, 2.05) is 12.1 Å². The van der Waals surface area contributed by atoms with Gasteiger partial charge >= 0.3 is 0 Å². The first kappa shape index (κ1) is 21.6. The maximum Gasteiger partial charge on any atom is 0.251 e. The maximum absolute atomic E-state index is 13.8. The molecule has 0 aromatic heterocycles. The number of carbonyl (C=O) groups is 1. The first-order chi connectivity index (χ1) is 15.5. The molecule has 7 heteroatoms. The van der Waals surface area contributed by atoms with E-state index in [1.165, 1.54) is 13.2 Å². The van der Waals surface area contributed by atoms with Crippen LogP contribution in [0.25, 0.3) is 0 Å². The first-order valence-corrected chi connectivity index (χ1v) is 10.4. The Kier molecular flexibility index (Phi) is 6.56. The van der Waals surface area contributed by atoms with Gasteiger partial charge < -0.3 is 19.9 Å². The number of halogens is 1. The average molecular weight is 436 g/mol. The summed E-state index contributed by atoms with van der Waals surface area (Å²) >= 11 is 0. The number of nitrogens with zero attached hydrogens (tertiary/aromatic N) is 1. The number of fused-ring (bicyclic) bond motifs is 1. The number of nitrogens with one attached hydrogen (secondary N) is 1. The molecule has 0 bridgehead atoms. The zero-order chi connectivity index (χ0) is 22.5. The molecular formula is C25H25FN2O4. The number of carbonyl (C=O) groups excluding carboxylic acids is 1. The number of amides is 1. The summed E-state index contributed by atoms with van der Waals surface area (Å²) in [4.78, 5) is 14.8. The zero-order valence-corrected chi connectivity index (χ0v) is 17.8. The van der Waals surface area contributed by atoms with Crippen molar-refractivity contribution in [3.63, 3.8) is 0 Å². The number of phenolic OH excluding ortho intramolecular Hbond substituents is 1. The molecule has 0 saturated heterocycles. The minimum absolute atomic E-state index is 0.111. The number of hydrogen-bond donors (Lipinski definition) is 2. The van der Waals surface area contributed by atoms with E-state index in [2.05, 4.69) is 10.2 Å². The van der Waals surface area contributed by atoms with Gasteiger partial charge in [-0.25, -0.2) is 4.39 Å². The van der Waals surface area contributed by atoms with Crippen LogP contribution in [0.15, 0.2) is 60.7 Å². The van der Waals surface area contributed by atoms with Crippen molar-refractivity contribution >= 4 is 5.91 Å². The second-order valence-corrected chi connectivity index (χ2v) is 7.62. The number of para-hydroxylation sites is 1. The number of benzene rings is 3. The number of methoxy groups -OCH3 is 1. The standard InChI is InChI=1S/C25H25FN2O4/c1-31-23-8-4-6-19(24(23)29)15-28-11-12-32-22-10-9-17(13-20(22)16-28)25(30)27-14-18-5-2-3-7-21(18)26/h2-10,13,29H,11-12,14-16H2,1H3,(H,27,30). The van der Waals surface area contributed by atoms with Crippen LogP contribution in [-0.4, -0.2) is 36.2 Å². The summed E-state index contributed by atoms with van der Waals surface area (Å²) in [5.41, 5.74) is 2.55. The van der Waals surface area contributed by atoms with Crippen LogP contribution in [0, 0.1) is 5.82 Å². The van der Waals surface area contributed by atoms with Crippen molar-refractivity contribution in [3.05, 3.63) is 88.7 Å². The lowest BCUT2D eigenvalue weighted by Crippen LogP contribution is -2.25. The molecule has 2 N–H and O–H groups in total. The molecule has 4 rings (SSSR count). The predicted molar refractivity (Wildman–Crippen MR) is 118 cm³/mol. The second-order valence-electron chi connectivity index (χ2n) is 7.62. The molecule has 0 radical (unpaired) electrons. The fraction of sp³-hybridized carbons (Fsp3) is 0.240. The van der Waals surface area contributed by atoms with E-state index < -0.39 is 0 Å². The molecule has 6 nitrogen and oxygen atoms in total. The van der Waals surface area contributed by atoms with E-state index in [4.69, 9.17) is 9.47 Å². The summed E-state index contributed by atoms with van der Waals surface area (Å²) in [5, 5.41) is 13.2. The van der Waals surface area contributed by atoms with Gasteiger partial charge in [0, 0.05) is 48.4 Å². The van der Waals surface area contributed by atoms with Gasteiger partial charge in [-0.2, -0.15) is 0 Å². The Hall–Kier alpha value is -3.58. The lowest BCUT2D eigenvalue weighted by molar-refractivity contribution is 0.0950. The van der Waals surface area contributed by atoms with Crippen molar-refractivity contribution < 1.29 is 23.8 Å². The minimum atomic E-state index is -0.348. The third-order valence-electron chi connectivity index (χ3n) is 5.48. The molecule has 166 valence electrons. The van der Waals surface area contributed by atoms with Crippen LogP contribution in [0.3, 0.4) is 0 Å². The average Bonchev–Trinajstić information content (AvgIpc) is 3.00. The highest BCUT2D eigenvalue weighted by molar-refractivity contribution is 5.94. The Labute approximate surface area is 186 Å². The highest BCUT2D eigenvalue weighted by Gasteiger charge is 2.19. The van der Waals surface area contributed by atoms with Crippen molar-refractivity contribution in [2.45, 2.75) is 19.6 Å². The normalized spacial score (nSPS) is 13.6. The molecular weight excluding hydrogens is 411 g/mol. The third kappa shape index (κ3) is 4.84. The van der Waals surface area contributed by atoms with Crippen molar-refractivity contribution in [2.24, 2.45) is 0 Å². The number of ether oxygens (including phenoxy) is 2. The van der Waals surface area contributed by atoms with Crippen LogP contribution >= 0.6 is 0 Å². The SMILES string of the molecule is COc1cccc(CN2CCOc3ccc(C(=O)NCc4ccccc4F)cc3C2)c1O. The molecule has 3 aromatic carbocycles. The number of phenols is 1. The first-order valence-electron chi connectivity index (χ1n) is 10.4. The molecule has 32 heavy (non-hydrogen) atoms. The van der Waals surface area contributed by atoms with E-state index in [0.29, 0.717) is 43.1 Å². The van der Waals surface area contributed by atoms with E-state index in [-0.39, 0.29) is 24.0 Å². The van der Waals surface area contributed by atoms with E-state index in [0.717, 1.165) is 16.9 Å². The van der Waals surface area contributed by atoms with Crippen molar-refractivity contribution in [2.75, 3.05) is 20.3 Å². The van der Waals surface area contributed by atoms with Crippen molar-refractivity contribution in [1.29, 1.82) is 0 Å². The molecule has 0 aliphatic carbocycles. The smallest absolute Gasteiger partial charge is 0.251 e. The topological polar surface area (TPSA) is 71.0 Å². The Morgan fingerprint density at radius 3 is 2.78 bits per heavy atom. The quantitative estimate of drug-likeness (QED) is 0.614. The van der Waals surface area contributed by atoms with Gasteiger partial charge in [0.15, 0.2) is 11.5 Å². The van der Waals surface area contributed by atoms with Crippen LogP contribution < -0.4 is 14.8 Å². The number of hydrogen-bond acceptors (Lipinski definition) is 5. The molecule has 0 atom stereocenters. The fourth-order valence-corrected chi connectivity index (χ4v) is 3.74. The summed E-state index contributed by atoms with van der Waals surface area (Å²) < 4.78 is 24.9. The fourth-order valence-electron chi connectivity index (χ4n) is 3.74. The summed E-state index contributed by atoms with van der Waals surface area (Å²) in [6.45, 7) is 2.34. The van der Waals surface area contributed by atoms with Gasteiger partial charge in [-0.1, -0.05) is 30.3 Å². The van der Waals surface area contributed by atoms with Crippen LogP contribution in [0.4, 0.5) is 4.39 Å². The van der Waals surface area contributed by atoms with Gasteiger partial charge in [-0.05, 0) is 30.3 Å². The second kappa shape index (κ2) is 9.70. The predicted octanol–water partition coefficient (Wildman–Crippen LogP) is 3.86. The molecule has 1 aliphatic heterocycles. The molecule has 0 unspecified atom stereocenters. The molecule has 1 amide bonds. The van der Waals surface area contributed by atoms with Gasteiger partial charge in [0.05, 0.1) is 7.11 Å². The number of rotatable bonds is 6. The van der Waals surface area contributed by atoms with Gasteiger partial charge in [0.25, 0.3) is 5.91 Å². The van der Waals surface area contributed by atoms with Gasteiger partial charge in [-0.15, -0.1) is 0 Å². The van der Waals surface area contributed by atoms with E-state index >= 15 is 0 Å². The zero-order valence-electron chi connectivity index (χ0n) is 17.8. The summed E-state index contributed by atoms with van der Waals surface area (Å²) in [5.74, 6) is 0.661. The highest BCUT2D eigenvalue weighted by Crippen LogP contribution is 2.32. The van der Waals surface area contributed by atoms with Crippen LogP contribution in [0.5, 0.6) is 17.2 Å². The van der Waals surface area contributed by atoms with E-state index in [1.54, 1.807) is 42.5 Å². The van der Waals surface area contributed by atoms with Crippen LogP contribution in [-0.2, 0) is 19.6 Å². The van der Waals surface area contributed by atoms with Gasteiger partial charge in [-0.3, -0.25) is 9.69 Å². The summed E-state index contributed by atoms with van der Waals surface area (Å²) in [6.07, 6.45) is 0. The molecule has 3 aromatic rings. The third-order valence-corrected chi connectivity index (χ3v) is 5.48. The molecule has 1 aliphatic rings. The van der Waals surface area contributed by atoms with Crippen molar-refractivity contribution in [3.8, 4) is 17.2 Å². The molecule has 1 heterocycles. The van der Waals surface area contributed by atoms with Crippen LogP contribution in [0.1, 0.15) is 27.0 Å². The lowest BCUT2D eigenvalue weighted by atomic mass is 10.1. The molecule has 0 saturated carbocycles. The Bertz CT molecular complexity index is 1120. The summed E-state index contributed by atoms with van der Waals surface area (Å²) in [6, 6.07) is 17.1. The van der Waals surface area contributed by atoms with Crippen LogP contribution in [0.2, 0.25) is 0 Å². The number of aromatic hydroxyl groups is 1. The molecule has 0 fully saturated rings. The Morgan fingerprint density at radius 1 is 1.16 bits per heavy atom. The summed E-state index contributed by atoms with van der Waals surface area (Å²) in [7, 11) is 1.52.